The van der Waals surface area contributed by atoms with Crippen molar-refractivity contribution in [1.29, 1.82) is 0 Å². The molecule has 3 rings (SSSR count). The molecule has 0 aromatic heterocycles. The van der Waals surface area contributed by atoms with E-state index in [1.165, 1.54) is 6.26 Å². The molecule has 0 spiro atoms. The van der Waals surface area contributed by atoms with Crippen LogP contribution in [0.1, 0.15) is 19.8 Å². The van der Waals surface area contributed by atoms with E-state index in [0.29, 0.717) is 5.92 Å². The third-order valence-corrected chi connectivity index (χ3v) is 5.50. The van der Waals surface area contributed by atoms with Crippen LogP contribution in [0.5, 0.6) is 0 Å². The van der Waals surface area contributed by atoms with Crippen molar-refractivity contribution >= 4 is 0 Å². The summed E-state index contributed by atoms with van der Waals surface area (Å²) in [6.07, 6.45) is -3.88. The highest BCUT2D eigenvalue weighted by molar-refractivity contribution is 5.12. The number of hydrogen-bond acceptors (Lipinski definition) is 8. The van der Waals surface area contributed by atoms with Crippen LogP contribution in [-0.2, 0) is 14.2 Å². The summed E-state index contributed by atoms with van der Waals surface area (Å²) in [6.45, 7) is 1.51. The topological polar surface area (TPSA) is 129 Å². The standard InChI is InChI=1S/C16H26O8/c1-7-2-3-9-8(4-17)6-22-15(11(7)9)24-16-14(21)13(20)12(19)10(5-18)23-16/h6-7,9-21H,2-5H2,1H3. The first-order chi connectivity index (χ1) is 11.5. The van der Waals surface area contributed by atoms with E-state index < -0.39 is 43.6 Å². The van der Waals surface area contributed by atoms with Gasteiger partial charge in [0.2, 0.25) is 6.29 Å². The van der Waals surface area contributed by atoms with Gasteiger partial charge in [-0.2, -0.15) is 0 Å². The van der Waals surface area contributed by atoms with Crippen LogP contribution in [0.4, 0.5) is 0 Å². The normalized spacial score (nSPS) is 48.6. The summed E-state index contributed by atoms with van der Waals surface area (Å²) in [7, 11) is 0. The van der Waals surface area contributed by atoms with Gasteiger partial charge in [-0.25, -0.2) is 0 Å². The molecule has 0 aromatic carbocycles. The number of fused-ring (bicyclic) bond motifs is 1. The molecular weight excluding hydrogens is 320 g/mol. The van der Waals surface area contributed by atoms with Crippen LogP contribution < -0.4 is 0 Å². The predicted octanol–water partition coefficient (Wildman–Crippen LogP) is -1.30. The Balaban J connectivity index is 1.74. The third kappa shape index (κ3) is 3.08. The van der Waals surface area contributed by atoms with Crippen LogP contribution in [0.2, 0.25) is 0 Å². The lowest BCUT2D eigenvalue weighted by Gasteiger charge is -2.43. The van der Waals surface area contributed by atoms with Crippen LogP contribution >= 0.6 is 0 Å². The van der Waals surface area contributed by atoms with Crippen molar-refractivity contribution in [3.05, 3.63) is 11.8 Å². The summed E-state index contributed by atoms with van der Waals surface area (Å²) < 4.78 is 16.8. The Morgan fingerprint density at radius 1 is 1.08 bits per heavy atom. The van der Waals surface area contributed by atoms with E-state index in [4.69, 9.17) is 14.2 Å². The summed E-state index contributed by atoms with van der Waals surface area (Å²) in [5.74, 6) is 0.457. The molecule has 1 aliphatic carbocycles. The van der Waals surface area contributed by atoms with Crippen molar-refractivity contribution in [2.45, 2.75) is 56.8 Å². The molecule has 0 amide bonds. The van der Waals surface area contributed by atoms with E-state index in [-0.39, 0.29) is 18.4 Å². The summed E-state index contributed by atoms with van der Waals surface area (Å²) in [6, 6.07) is 0. The molecule has 0 radical (unpaired) electrons. The lowest BCUT2D eigenvalue weighted by atomic mass is 9.84. The molecule has 3 aliphatic rings. The molecule has 0 aromatic rings. The molecule has 1 saturated carbocycles. The lowest BCUT2D eigenvalue weighted by molar-refractivity contribution is -0.342. The highest BCUT2D eigenvalue weighted by atomic mass is 16.8. The van der Waals surface area contributed by atoms with Crippen molar-refractivity contribution in [3.63, 3.8) is 0 Å². The summed E-state index contributed by atoms with van der Waals surface area (Å²) >= 11 is 0. The van der Waals surface area contributed by atoms with E-state index in [2.05, 4.69) is 6.92 Å². The molecule has 8 heteroatoms. The highest BCUT2D eigenvalue weighted by Crippen LogP contribution is 2.47. The maximum atomic E-state index is 10.1. The zero-order chi connectivity index (χ0) is 17.4. The second-order valence-corrected chi connectivity index (χ2v) is 6.93. The average molecular weight is 346 g/mol. The second-order valence-electron chi connectivity index (χ2n) is 6.93. The van der Waals surface area contributed by atoms with Gasteiger partial charge in [0.25, 0.3) is 0 Å². The van der Waals surface area contributed by atoms with Gasteiger partial charge in [-0.15, -0.1) is 0 Å². The van der Waals surface area contributed by atoms with Crippen molar-refractivity contribution in [2.24, 2.45) is 17.8 Å². The molecule has 8 nitrogen and oxygen atoms in total. The van der Waals surface area contributed by atoms with E-state index in [0.717, 1.165) is 18.4 Å². The minimum atomic E-state index is -1.48. The van der Waals surface area contributed by atoms with Crippen molar-refractivity contribution in [2.75, 3.05) is 13.2 Å². The zero-order valence-electron chi connectivity index (χ0n) is 13.6. The molecular formula is C16H26O8. The van der Waals surface area contributed by atoms with E-state index in [1.54, 1.807) is 0 Å². The number of rotatable bonds is 4. The first kappa shape index (κ1) is 18.1. The summed E-state index contributed by atoms with van der Waals surface area (Å²) in [5, 5.41) is 48.5. The minimum absolute atomic E-state index is 0.00418. The molecule has 5 N–H and O–H groups in total. The lowest BCUT2D eigenvalue weighted by Crippen LogP contribution is -2.60. The molecule has 138 valence electrons. The predicted molar refractivity (Wildman–Crippen MR) is 80.3 cm³/mol. The van der Waals surface area contributed by atoms with Gasteiger partial charge in [-0.1, -0.05) is 6.92 Å². The van der Waals surface area contributed by atoms with Crippen molar-refractivity contribution in [1.82, 2.24) is 0 Å². The third-order valence-electron chi connectivity index (χ3n) is 5.50. The van der Waals surface area contributed by atoms with Crippen molar-refractivity contribution in [3.8, 4) is 0 Å². The van der Waals surface area contributed by atoms with Crippen molar-refractivity contribution < 1.29 is 39.7 Å². The van der Waals surface area contributed by atoms with Gasteiger partial charge in [0.05, 0.1) is 19.5 Å². The van der Waals surface area contributed by atoms with Gasteiger partial charge in [0.1, 0.15) is 24.4 Å². The van der Waals surface area contributed by atoms with Crippen LogP contribution in [0.15, 0.2) is 11.8 Å². The smallest absolute Gasteiger partial charge is 0.205 e. The summed E-state index contributed by atoms with van der Waals surface area (Å²) in [5.41, 5.74) is 0.831. The number of aliphatic hydroxyl groups is 5. The first-order valence-corrected chi connectivity index (χ1v) is 8.39. The maximum Gasteiger partial charge on any atom is 0.205 e. The van der Waals surface area contributed by atoms with E-state index >= 15 is 0 Å². The van der Waals surface area contributed by atoms with Crippen LogP contribution in [-0.4, -0.2) is 75.7 Å². The largest absolute Gasteiger partial charge is 0.472 e. The van der Waals surface area contributed by atoms with Gasteiger partial charge < -0.3 is 39.7 Å². The van der Waals surface area contributed by atoms with Gasteiger partial charge >= 0.3 is 0 Å². The average Bonchev–Trinajstić information content (AvgIpc) is 2.98. The quantitative estimate of drug-likeness (QED) is 0.425. The van der Waals surface area contributed by atoms with E-state index in [1.807, 2.05) is 0 Å². The van der Waals surface area contributed by atoms with Gasteiger partial charge in [0, 0.05) is 5.92 Å². The first-order valence-electron chi connectivity index (χ1n) is 8.39. The number of ether oxygens (including phenoxy) is 3. The number of aliphatic hydroxyl groups excluding tert-OH is 5. The molecule has 2 fully saturated rings. The Hall–Kier alpha value is -0.740. The Labute approximate surface area is 140 Å². The van der Waals surface area contributed by atoms with Gasteiger partial charge in [-0.3, -0.25) is 0 Å². The van der Waals surface area contributed by atoms with E-state index in [9.17, 15) is 25.5 Å². The molecule has 9 atom stereocenters. The van der Waals surface area contributed by atoms with Gasteiger partial charge in [0.15, 0.2) is 6.29 Å². The summed E-state index contributed by atoms with van der Waals surface area (Å²) in [4.78, 5) is 0. The minimum Gasteiger partial charge on any atom is -0.472 e. The van der Waals surface area contributed by atoms with Crippen LogP contribution in [0.25, 0.3) is 0 Å². The van der Waals surface area contributed by atoms with Gasteiger partial charge in [-0.05, 0) is 30.3 Å². The number of hydrogen-bond donors (Lipinski definition) is 5. The fourth-order valence-electron chi connectivity index (χ4n) is 4.04. The molecule has 9 unspecified atom stereocenters. The Bertz CT molecular complexity index is 467. The molecule has 2 heterocycles. The monoisotopic (exact) mass is 346 g/mol. The molecule has 24 heavy (non-hydrogen) atoms. The van der Waals surface area contributed by atoms with Crippen LogP contribution in [0.3, 0.4) is 0 Å². The molecule has 1 saturated heterocycles. The molecule has 0 bridgehead atoms. The highest BCUT2D eigenvalue weighted by Gasteiger charge is 2.49. The second kappa shape index (κ2) is 7.25. The Kier molecular flexibility index (Phi) is 5.45. The SMILES string of the molecule is CC1CCC2C(CO)=COC(OC3OC(CO)C(O)C(O)C3O)C12. The Morgan fingerprint density at radius 2 is 1.83 bits per heavy atom. The fourth-order valence-corrected chi connectivity index (χ4v) is 4.04. The van der Waals surface area contributed by atoms with Crippen LogP contribution in [0, 0.1) is 17.8 Å². The zero-order valence-corrected chi connectivity index (χ0v) is 13.6. The maximum absolute atomic E-state index is 10.1. The Morgan fingerprint density at radius 3 is 2.50 bits per heavy atom. The molecule has 2 aliphatic heterocycles. The fraction of sp³-hybridized carbons (Fsp3) is 0.875.